The molecular formula is C20H21BrN2O2S. The van der Waals surface area contributed by atoms with Gasteiger partial charge in [0.05, 0.1) is 31.5 Å². The highest BCUT2D eigenvalue weighted by atomic mass is 79.9. The third-order valence-corrected chi connectivity index (χ3v) is 5.49. The number of hydrogen-bond donors (Lipinski definition) is 1. The number of nitrogens with one attached hydrogen (secondary N) is 1. The van der Waals surface area contributed by atoms with Gasteiger partial charge in [-0.05, 0) is 60.5 Å². The monoisotopic (exact) mass is 432 g/mol. The lowest BCUT2D eigenvalue weighted by atomic mass is 10.1. The molecule has 26 heavy (non-hydrogen) atoms. The number of hydrogen-bond acceptors (Lipinski definition) is 4. The summed E-state index contributed by atoms with van der Waals surface area (Å²) in [5, 5.41) is 3.86. The number of pyridine rings is 1. The fourth-order valence-corrected chi connectivity index (χ4v) is 3.98. The average Bonchev–Trinajstić information content (AvgIpc) is 3.06. The van der Waals surface area contributed by atoms with Gasteiger partial charge < -0.3 is 10.1 Å². The van der Waals surface area contributed by atoms with Gasteiger partial charge in [0.15, 0.2) is 0 Å². The molecule has 2 heterocycles. The third-order valence-electron chi connectivity index (χ3n) is 3.84. The van der Waals surface area contributed by atoms with Gasteiger partial charge in [-0.25, -0.2) is 4.98 Å². The molecule has 0 saturated carbocycles. The minimum Gasteiger partial charge on any atom is -0.379 e. The molecule has 2 aromatic heterocycles. The molecule has 0 atom stereocenters. The molecular weight excluding hydrogens is 412 g/mol. The first-order chi connectivity index (χ1) is 12.5. The fraction of sp³-hybridized carbons (Fsp3) is 0.300. The summed E-state index contributed by atoms with van der Waals surface area (Å²) in [6.45, 7) is 5.24. The molecule has 0 unspecified atom stereocenters. The molecule has 6 heteroatoms. The summed E-state index contributed by atoms with van der Waals surface area (Å²) >= 11 is 5.09. The first-order valence-electron chi connectivity index (χ1n) is 8.60. The molecule has 0 aliphatic carbocycles. The van der Waals surface area contributed by atoms with Gasteiger partial charge in [-0.2, -0.15) is 0 Å². The van der Waals surface area contributed by atoms with Gasteiger partial charge in [0.1, 0.15) is 0 Å². The van der Waals surface area contributed by atoms with Crippen molar-refractivity contribution in [2.45, 2.75) is 26.4 Å². The van der Waals surface area contributed by atoms with Gasteiger partial charge >= 0.3 is 0 Å². The topological polar surface area (TPSA) is 51.2 Å². The van der Waals surface area contributed by atoms with Crippen LogP contribution in [-0.4, -0.2) is 30.1 Å². The number of carbonyl (C=O) groups is 1. The summed E-state index contributed by atoms with van der Waals surface area (Å²) < 4.78 is 6.55. The van der Waals surface area contributed by atoms with Crippen molar-refractivity contribution in [3.05, 3.63) is 51.8 Å². The van der Waals surface area contributed by atoms with E-state index in [-0.39, 0.29) is 12.0 Å². The van der Waals surface area contributed by atoms with E-state index in [1.54, 1.807) is 11.3 Å². The Morgan fingerprint density at radius 1 is 1.27 bits per heavy atom. The average molecular weight is 433 g/mol. The Kier molecular flexibility index (Phi) is 6.40. The van der Waals surface area contributed by atoms with Crippen molar-refractivity contribution in [3.8, 4) is 10.6 Å². The van der Waals surface area contributed by atoms with Crippen LogP contribution < -0.4 is 5.32 Å². The van der Waals surface area contributed by atoms with E-state index >= 15 is 0 Å². The summed E-state index contributed by atoms with van der Waals surface area (Å²) in [4.78, 5) is 18.5. The minimum atomic E-state index is -0.0787. The summed E-state index contributed by atoms with van der Waals surface area (Å²) in [5.74, 6) is -0.0787. The molecule has 3 aromatic rings. The summed E-state index contributed by atoms with van der Waals surface area (Å²) in [6.07, 6.45) is 1.00. The minimum absolute atomic E-state index is 0.0787. The third kappa shape index (κ3) is 4.69. The molecule has 0 bridgehead atoms. The standard InChI is InChI=1S/C20H21BrN2O2S/c1-13(2)25-11-5-10-22-20(24)15-12-17(18-8-9-19(21)26-18)23-16-7-4-3-6-14(15)16/h3-4,6-9,12-13H,5,10-11H2,1-2H3,(H,22,24). The first kappa shape index (κ1) is 19.0. The van der Waals surface area contributed by atoms with Gasteiger partial charge in [-0.1, -0.05) is 18.2 Å². The van der Waals surface area contributed by atoms with Crippen LogP contribution in [0.15, 0.2) is 46.3 Å². The Labute approximate surface area is 165 Å². The Balaban J connectivity index is 1.83. The molecule has 1 N–H and O–H groups in total. The number of carbonyl (C=O) groups excluding carboxylic acids is 1. The predicted octanol–water partition coefficient (Wildman–Crippen LogP) is 5.27. The van der Waals surface area contributed by atoms with Crippen molar-refractivity contribution < 1.29 is 9.53 Å². The van der Waals surface area contributed by atoms with Crippen molar-refractivity contribution >= 4 is 44.1 Å². The van der Waals surface area contributed by atoms with Crippen molar-refractivity contribution in [2.24, 2.45) is 0 Å². The highest BCUT2D eigenvalue weighted by Crippen LogP contribution is 2.32. The van der Waals surface area contributed by atoms with Crippen LogP contribution >= 0.6 is 27.3 Å². The van der Waals surface area contributed by atoms with E-state index in [1.165, 1.54) is 0 Å². The predicted molar refractivity (Wildman–Crippen MR) is 111 cm³/mol. The van der Waals surface area contributed by atoms with E-state index in [1.807, 2.05) is 56.3 Å². The summed E-state index contributed by atoms with van der Waals surface area (Å²) in [5.41, 5.74) is 2.29. The van der Waals surface area contributed by atoms with E-state index in [2.05, 4.69) is 21.2 Å². The maximum absolute atomic E-state index is 12.8. The number of thiophene rings is 1. The van der Waals surface area contributed by atoms with E-state index < -0.39 is 0 Å². The van der Waals surface area contributed by atoms with Crippen LogP contribution in [0.1, 0.15) is 30.6 Å². The highest BCUT2D eigenvalue weighted by Gasteiger charge is 2.14. The van der Waals surface area contributed by atoms with Crippen molar-refractivity contribution in [1.29, 1.82) is 0 Å². The maximum Gasteiger partial charge on any atom is 0.252 e. The molecule has 0 radical (unpaired) electrons. The normalized spacial score (nSPS) is 11.2. The first-order valence-corrected chi connectivity index (χ1v) is 10.2. The second-order valence-electron chi connectivity index (χ2n) is 6.20. The zero-order valence-corrected chi connectivity index (χ0v) is 17.2. The lowest BCUT2D eigenvalue weighted by Gasteiger charge is -2.11. The Hall–Kier alpha value is -1.76. The van der Waals surface area contributed by atoms with E-state index in [0.717, 1.165) is 31.7 Å². The SMILES string of the molecule is CC(C)OCCCNC(=O)c1cc(-c2ccc(Br)s2)nc2ccccc12. The molecule has 1 aromatic carbocycles. The second-order valence-corrected chi connectivity index (χ2v) is 8.67. The molecule has 1 amide bonds. The van der Waals surface area contributed by atoms with Gasteiger partial charge in [0.2, 0.25) is 0 Å². The largest absolute Gasteiger partial charge is 0.379 e. The maximum atomic E-state index is 12.8. The summed E-state index contributed by atoms with van der Waals surface area (Å²) in [7, 11) is 0. The number of benzene rings is 1. The van der Waals surface area contributed by atoms with Crippen LogP contribution in [0.3, 0.4) is 0 Å². The highest BCUT2D eigenvalue weighted by molar-refractivity contribution is 9.11. The molecule has 0 spiro atoms. The van der Waals surface area contributed by atoms with Crippen LogP contribution in [0, 0.1) is 0 Å². The van der Waals surface area contributed by atoms with Gasteiger partial charge in [-0.15, -0.1) is 11.3 Å². The zero-order chi connectivity index (χ0) is 18.5. The number of ether oxygens (including phenoxy) is 1. The second kappa shape index (κ2) is 8.75. The lowest BCUT2D eigenvalue weighted by molar-refractivity contribution is 0.0757. The van der Waals surface area contributed by atoms with Crippen LogP contribution in [0.5, 0.6) is 0 Å². The fourth-order valence-electron chi connectivity index (χ4n) is 2.63. The Bertz CT molecular complexity index is 908. The molecule has 3 rings (SSSR count). The number of halogens is 1. The van der Waals surface area contributed by atoms with Gasteiger partial charge in [-0.3, -0.25) is 4.79 Å². The van der Waals surface area contributed by atoms with Crippen LogP contribution in [-0.2, 0) is 4.74 Å². The van der Waals surface area contributed by atoms with Crippen LogP contribution in [0.25, 0.3) is 21.5 Å². The number of aromatic nitrogens is 1. The molecule has 0 saturated heterocycles. The summed E-state index contributed by atoms with van der Waals surface area (Å²) in [6, 6.07) is 13.6. The molecule has 0 aliphatic heterocycles. The number of rotatable bonds is 7. The molecule has 0 aliphatic rings. The molecule has 0 fully saturated rings. The van der Waals surface area contributed by atoms with Gasteiger partial charge in [0, 0.05) is 18.5 Å². The Morgan fingerprint density at radius 3 is 2.81 bits per heavy atom. The quantitative estimate of drug-likeness (QED) is 0.517. The van der Waals surface area contributed by atoms with Crippen molar-refractivity contribution in [3.63, 3.8) is 0 Å². The van der Waals surface area contributed by atoms with Crippen molar-refractivity contribution in [1.82, 2.24) is 10.3 Å². The van der Waals surface area contributed by atoms with Crippen molar-refractivity contribution in [2.75, 3.05) is 13.2 Å². The Morgan fingerprint density at radius 2 is 2.08 bits per heavy atom. The van der Waals surface area contributed by atoms with Crippen LogP contribution in [0.2, 0.25) is 0 Å². The lowest BCUT2D eigenvalue weighted by Crippen LogP contribution is -2.26. The van der Waals surface area contributed by atoms with Crippen LogP contribution in [0.4, 0.5) is 0 Å². The number of fused-ring (bicyclic) bond motifs is 1. The molecule has 136 valence electrons. The number of nitrogens with zero attached hydrogens (tertiary/aromatic N) is 1. The van der Waals surface area contributed by atoms with E-state index in [4.69, 9.17) is 9.72 Å². The van der Waals surface area contributed by atoms with Gasteiger partial charge in [0.25, 0.3) is 5.91 Å². The molecule has 4 nitrogen and oxygen atoms in total. The smallest absolute Gasteiger partial charge is 0.252 e. The number of amides is 1. The zero-order valence-electron chi connectivity index (χ0n) is 14.8. The van der Waals surface area contributed by atoms with E-state index in [9.17, 15) is 4.79 Å². The van der Waals surface area contributed by atoms with E-state index in [0.29, 0.717) is 18.7 Å². The number of para-hydroxylation sites is 1.